The van der Waals surface area contributed by atoms with Gasteiger partial charge in [0.05, 0.1) is 12.2 Å². The van der Waals surface area contributed by atoms with E-state index in [1.807, 2.05) is 38.1 Å². The Morgan fingerprint density at radius 2 is 2.00 bits per heavy atom. The van der Waals surface area contributed by atoms with Gasteiger partial charge in [0.1, 0.15) is 11.1 Å². The van der Waals surface area contributed by atoms with Crippen LogP contribution in [-0.4, -0.2) is 56.0 Å². The lowest BCUT2D eigenvalue weighted by molar-refractivity contribution is -0.123. The van der Waals surface area contributed by atoms with Crippen LogP contribution in [0.3, 0.4) is 0 Å². The highest BCUT2D eigenvalue weighted by Crippen LogP contribution is 2.20. The molecular formula is C16H30IN5O2S. The number of thiazole rings is 1. The van der Waals surface area contributed by atoms with Crippen molar-refractivity contribution in [2.75, 3.05) is 34.3 Å². The van der Waals surface area contributed by atoms with Gasteiger partial charge < -0.3 is 20.3 Å². The van der Waals surface area contributed by atoms with Gasteiger partial charge in [-0.05, 0) is 6.92 Å². The molecule has 7 nitrogen and oxygen atoms in total. The highest BCUT2D eigenvalue weighted by Gasteiger charge is 2.12. The maximum absolute atomic E-state index is 11.5. The van der Waals surface area contributed by atoms with Crippen molar-refractivity contribution < 1.29 is 9.53 Å². The van der Waals surface area contributed by atoms with Crippen molar-refractivity contribution in [3.63, 3.8) is 0 Å². The lowest BCUT2D eigenvalue weighted by atomic mass is 10.2. The molecule has 0 fully saturated rings. The van der Waals surface area contributed by atoms with Gasteiger partial charge in [0.25, 0.3) is 0 Å². The maximum Gasteiger partial charge on any atom is 0.222 e. The minimum Gasteiger partial charge on any atom is -0.375 e. The first-order valence-corrected chi connectivity index (χ1v) is 8.93. The first-order valence-electron chi connectivity index (χ1n) is 8.05. The second-order valence-corrected chi connectivity index (χ2v) is 6.72. The topological polar surface area (TPSA) is 78.9 Å². The number of hydrogen-bond donors (Lipinski definition) is 2. The van der Waals surface area contributed by atoms with Gasteiger partial charge in [-0.1, -0.05) is 13.8 Å². The SMILES string of the molecule is CN=C(NCCNC(=O)C(C)C)N(C)Cc1csc(C(C)OC)n1.I. The van der Waals surface area contributed by atoms with E-state index in [1.54, 1.807) is 25.5 Å². The van der Waals surface area contributed by atoms with Gasteiger partial charge >= 0.3 is 0 Å². The highest BCUT2D eigenvalue weighted by molar-refractivity contribution is 14.0. The van der Waals surface area contributed by atoms with Crippen LogP contribution in [-0.2, 0) is 16.1 Å². The molecule has 1 amide bonds. The van der Waals surface area contributed by atoms with Crippen molar-refractivity contribution in [1.82, 2.24) is 20.5 Å². The van der Waals surface area contributed by atoms with Crippen molar-refractivity contribution in [3.8, 4) is 0 Å². The molecule has 1 rings (SSSR count). The number of nitrogens with zero attached hydrogens (tertiary/aromatic N) is 3. The zero-order valence-electron chi connectivity index (χ0n) is 15.8. The summed E-state index contributed by atoms with van der Waals surface area (Å²) in [5.41, 5.74) is 0.984. The summed E-state index contributed by atoms with van der Waals surface area (Å²) in [7, 11) is 5.38. The van der Waals surface area contributed by atoms with E-state index >= 15 is 0 Å². The van der Waals surface area contributed by atoms with Crippen LogP contribution in [0.25, 0.3) is 0 Å². The second kappa shape index (κ2) is 12.4. The van der Waals surface area contributed by atoms with E-state index in [2.05, 4.69) is 20.6 Å². The molecule has 0 radical (unpaired) electrons. The van der Waals surface area contributed by atoms with E-state index in [1.165, 1.54) is 0 Å². The average Bonchev–Trinajstić information content (AvgIpc) is 3.02. The minimum atomic E-state index is 0. The number of carbonyl (C=O) groups is 1. The summed E-state index contributed by atoms with van der Waals surface area (Å²) in [6.45, 7) is 7.59. The molecule has 1 aromatic heterocycles. The summed E-state index contributed by atoms with van der Waals surface area (Å²) < 4.78 is 5.29. The molecule has 0 bridgehead atoms. The van der Waals surface area contributed by atoms with Crippen molar-refractivity contribution in [2.24, 2.45) is 10.9 Å². The van der Waals surface area contributed by atoms with E-state index in [0.29, 0.717) is 19.6 Å². The van der Waals surface area contributed by atoms with Gasteiger partial charge in [0.15, 0.2) is 5.96 Å². The number of aliphatic imine (C=N–C) groups is 1. The molecule has 1 heterocycles. The molecule has 25 heavy (non-hydrogen) atoms. The first-order chi connectivity index (χ1) is 11.4. The predicted molar refractivity (Wildman–Crippen MR) is 114 cm³/mol. The first kappa shape index (κ1) is 24.1. The second-order valence-electron chi connectivity index (χ2n) is 5.83. The fraction of sp³-hybridized carbons (Fsp3) is 0.688. The third kappa shape index (κ3) is 8.32. The number of amides is 1. The zero-order chi connectivity index (χ0) is 18.1. The summed E-state index contributed by atoms with van der Waals surface area (Å²) in [5.74, 6) is 0.825. The molecule has 0 aliphatic carbocycles. The van der Waals surface area contributed by atoms with E-state index in [4.69, 9.17) is 4.74 Å². The third-order valence-corrected chi connectivity index (χ3v) is 4.53. The number of ether oxygens (including phenoxy) is 1. The Labute approximate surface area is 171 Å². The summed E-state index contributed by atoms with van der Waals surface area (Å²) in [5, 5.41) is 9.12. The van der Waals surface area contributed by atoms with Crippen LogP contribution < -0.4 is 10.6 Å². The number of guanidine groups is 1. The number of carbonyl (C=O) groups excluding carboxylic acids is 1. The van der Waals surface area contributed by atoms with Gasteiger partial charge in [0, 0.05) is 45.6 Å². The maximum atomic E-state index is 11.5. The zero-order valence-corrected chi connectivity index (χ0v) is 19.0. The molecule has 144 valence electrons. The Balaban J connectivity index is 0.00000576. The van der Waals surface area contributed by atoms with Crippen LogP contribution in [0.2, 0.25) is 0 Å². The molecule has 9 heteroatoms. The fourth-order valence-electron chi connectivity index (χ4n) is 1.95. The fourth-order valence-corrected chi connectivity index (χ4v) is 2.79. The summed E-state index contributed by atoms with van der Waals surface area (Å²) in [6.07, 6.45) is 0.0102. The Morgan fingerprint density at radius 3 is 2.56 bits per heavy atom. The number of hydrogen-bond acceptors (Lipinski definition) is 5. The Morgan fingerprint density at radius 1 is 1.36 bits per heavy atom. The minimum absolute atomic E-state index is 0. The summed E-state index contributed by atoms with van der Waals surface area (Å²) in [4.78, 5) is 22.4. The number of rotatable bonds is 8. The van der Waals surface area contributed by atoms with E-state index in [-0.39, 0.29) is 41.9 Å². The lowest BCUT2D eigenvalue weighted by Crippen LogP contribution is -2.42. The van der Waals surface area contributed by atoms with E-state index in [9.17, 15) is 4.79 Å². The van der Waals surface area contributed by atoms with Crippen molar-refractivity contribution in [2.45, 2.75) is 33.4 Å². The summed E-state index contributed by atoms with van der Waals surface area (Å²) >= 11 is 1.60. The van der Waals surface area contributed by atoms with Crippen molar-refractivity contribution >= 4 is 47.2 Å². The lowest BCUT2D eigenvalue weighted by Gasteiger charge is -2.21. The Bertz CT molecular complexity index is 550. The number of nitrogens with one attached hydrogen (secondary N) is 2. The largest absolute Gasteiger partial charge is 0.375 e. The molecule has 2 N–H and O–H groups in total. The molecule has 0 aliphatic rings. The number of halogens is 1. The molecule has 0 aliphatic heterocycles. The van der Waals surface area contributed by atoms with Gasteiger partial charge in [-0.3, -0.25) is 9.79 Å². The molecule has 0 spiro atoms. The Hall–Kier alpha value is -0.940. The predicted octanol–water partition coefficient (Wildman–Crippen LogP) is 2.25. The molecule has 1 unspecified atom stereocenters. The van der Waals surface area contributed by atoms with Gasteiger partial charge in [-0.2, -0.15) is 0 Å². The average molecular weight is 483 g/mol. The van der Waals surface area contributed by atoms with Crippen LogP contribution in [0.4, 0.5) is 0 Å². The standard InChI is InChI=1S/C16H29N5O2S.HI/c1-11(2)14(22)18-7-8-19-16(17-4)21(5)9-13-10-24-15(20-13)12(3)23-6;/h10-12H,7-9H2,1-6H3,(H,17,19)(H,18,22);1H. The van der Waals surface area contributed by atoms with E-state index in [0.717, 1.165) is 16.7 Å². The number of methoxy groups -OCH3 is 1. The normalized spacial score (nSPS) is 12.5. The third-order valence-electron chi connectivity index (χ3n) is 3.48. The summed E-state index contributed by atoms with van der Waals surface area (Å²) in [6, 6.07) is 0. The van der Waals surface area contributed by atoms with Gasteiger partial charge in [0.2, 0.25) is 5.91 Å². The van der Waals surface area contributed by atoms with E-state index < -0.39 is 0 Å². The molecule has 1 aromatic rings. The van der Waals surface area contributed by atoms with Crippen LogP contribution >= 0.6 is 35.3 Å². The molecule has 1 atom stereocenters. The molecule has 0 saturated carbocycles. The van der Waals surface area contributed by atoms with Crippen LogP contribution in [0, 0.1) is 5.92 Å². The molecular weight excluding hydrogens is 453 g/mol. The van der Waals surface area contributed by atoms with Crippen molar-refractivity contribution in [1.29, 1.82) is 0 Å². The smallest absolute Gasteiger partial charge is 0.222 e. The Kier molecular flexibility index (Phi) is 12.0. The van der Waals surface area contributed by atoms with Crippen LogP contribution in [0.1, 0.15) is 37.6 Å². The van der Waals surface area contributed by atoms with Gasteiger partial charge in [-0.15, -0.1) is 35.3 Å². The quantitative estimate of drug-likeness (QED) is 0.257. The monoisotopic (exact) mass is 483 g/mol. The highest BCUT2D eigenvalue weighted by atomic mass is 127. The van der Waals surface area contributed by atoms with Crippen LogP contribution in [0.15, 0.2) is 10.4 Å². The molecule has 0 saturated heterocycles. The van der Waals surface area contributed by atoms with Crippen LogP contribution in [0.5, 0.6) is 0 Å². The number of aromatic nitrogens is 1. The molecule has 0 aromatic carbocycles. The van der Waals surface area contributed by atoms with Crippen molar-refractivity contribution in [3.05, 3.63) is 16.1 Å². The van der Waals surface area contributed by atoms with Gasteiger partial charge in [-0.25, -0.2) is 4.98 Å².